The van der Waals surface area contributed by atoms with Crippen LogP contribution in [-0.4, -0.2) is 66.3 Å². The third kappa shape index (κ3) is 6.78. The molecule has 11 heteroatoms. The predicted octanol–water partition coefficient (Wildman–Crippen LogP) is 3.41. The van der Waals surface area contributed by atoms with Crippen LogP contribution in [0.2, 0.25) is 39.3 Å². The normalized spacial score (nSPS) is 20.7. The Morgan fingerprint density at radius 3 is 1.45 bits per heavy atom. The van der Waals surface area contributed by atoms with Crippen molar-refractivity contribution in [2.75, 3.05) is 7.11 Å². The molecule has 0 aromatic carbocycles. The fourth-order valence-corrected chi connectivity index (χ4v) is 13.3. The van der Waals surface area contributed by atoms with Gasteiger partial charge in [0.2, 0.25) is 16.6 Å². The van der Waals surface area contributed by atoms with E-state index in [1.165, 1.54) is 0 Å². The van der Waals surface area contributed by atoms with E-state index in [1.807, 2.05) is 54.6 Å². The molecule has 176 valence electrons. The van der Waals surface area contributed by atoms with Crippen LogP contribution in [0.4, 0.5) is 0 Å². The summed E-state index contributed by atoms with van der Waals surface area (Å²) in [5, 5.41) is 4.52. The standard InChI is InChI=1S/C18H47NO6Si4/c1-14-17(5,26(8,9)20)24-27(10,11)16(3,4)23-29(19,22-7)18(6,15-2)25-28(12,13)21/h20-21H,14-15,19H2,1-13H3/t17?,18-,29?/m1/s1. The van der Waals surface area contributed by atoms with Crippen LogP contribution in [0.25, 0.3) is 0 Å². The van der Waals surface area contributed by atoms with Crippen molar-refractivity contribution in [1.82, 2.24) is 0 Å². The van der Waals surface area contributed by atoms with Gasteiger partial charge in [-0.15, -0.1) is 0 Å². The third-order valence-electron chi connectivity index (χ3n) is 6.50. The first kappa shape index (κ1) is 29.6. The molecular weight excluding hydrogens is 439 g/mol. The van der Waals surface area contributed by atoms with E-state index in [2.05, 4.69) is 13.1 Å². The maximum Gasteiger partial charge on any atom is 0.454 e. The molecule has 0 fully saturated rings. The van der Waals surface area contributed by atoms with Crippen LogP contribution < -0.4 is 5.40 Å². The van der Waals surface area contributed by atoms with E-state index < -0.39 is 49.6 Å². The van der Waals surface area contributed by atoms with E-state index in [0.29, 0.717) is 12.8 Å². The molecule has 0 saturated heterocycles. The summed E-state index contributed by atoms with van der Waals surface area (Å²) >= 11 is 0. The minimum atomic E-state index is -3.41. The molecule has 0 saturated carbocycles. The van der Waals surface area contributed by atoms with Gasteiger partial charge in [0.05, 0.1) is 10.4 Å². The lowest BCUT2D eigenvalue weighted by Gasteiger charge is -2.52. The van der Waals surface area contributed by atoms with Gasteiger partial charge in [0.25, 0.3) is 0 Å². The Morgan fingerprint density at radius 1 is 0.759 bits per heavy atom. The van der Waals surface area contributed by atoms with Gasteiger partial charge in [-0.2, -0.15) is 0 Å². The first-order chi connectivity index (χ1) is 12.6. The largest absolute Gasteiger partial charge is 0.454 e. The predicted molar refractivity (Wildman–Crippen MR) is 129 cm³/mol. The van der Waals surface area contributed by atoms with Crippen LogP contribution in [-0.2, 0) is 17.7 Å². The minimum Gasteiger partial charge on any atom is -0.429 e. The average Bonchev–Trinajstić information content (AvgIpc) is 2.50. The Kier molecular flexibility index (Phi) is 9.40. The van der Waals surface area contributed by atoms with Gasteiger partial charge >= 0.3 is 17.3 Å². The van der Waals surface area contributed by atoms with E-state index in [9.17, 15) is 9.59 Å². The number of rotatable bonds is 12. The second-order valence-electron chi connectivity index (χ2n) is 10.4. The highest BCUT2D eigenvalue weighted by Crippen LogP contribution is 2.39. The molecule has 0 amide bonds. The summed E-state index contributed by atoms with van der Waals surface area (Å²) in [7, 11) is -9.89. The molecule has 3 atom stereocenters. The van der Waals surface area contributed by atoms with Gasteiger partial charge in [0.1, 0.15) is 5.22 Å². The Hall–Kier alpha value is 0.588. The minimum absolute atomic E-state index is 0.544. The van der Waals surface area contributed by atoms with Crippen molar-refractivity contribution >= 4 is 33.9 Å². The van der Waals surface area contributed by atoms with E-state index in [4.69, 9.17) is 23.1 Å². The third-order valence-corrected chi connectivity index (χ3v) is 18.4. The second-order valence-corrected chi connectivity index (χ2v) is 25.1. The van der Waals surface area contributed by atoms with Crippen LogP contribution in [0, 0.1) is 0 Å². The summed E-state index contributed by atoms with van der Waals surface area (Å²) in [5.41, 5.74) is 0. The smallest absolute Gasteiger partial charge is 0.429 e. The molecule has 0 aliphatic heterocycles. The molecule has 0 heterocycles. The highest BCUT2D eigenvalue weighted by atomic mass is 28.4. The molecule has 0 aliphatic carbocycles. The van der Waals surface area contributed by atoms with Gasteiger partial charge in [0.15, 0.2) is 0 Å². The van der Waals surface area contributed by atoms with Gasteiger partial charge in [-0.25, -0.2) is 0 Å². The first-order valence-corrected chi connectivity index (χ1v) is 21.0. The summed E-state index contributed by atoms with van der Waals surface area (Å²) in [5.74, 6) is 0. The highest BCUT2D eigenvalue weighted by molar-refractivity contribution is 6.79. The molecule has 0 bridgehead atoms. The molecule has 0 radical (unpaired) electrons. The maximum absolute atomic E-state index is 10.9. The van der Waals surface area contributed by atoms with Crippen LogP contribution in [0.5, 0.6) is 0 Å². The van der Waals surface area contributed by atoms with Gasteiger partial charge in [-0.05, 0) is 79.8 Å². The zero-order valence-electron chi connectivity index (χ0n) is 21.0. The zero-order chi connectivity index (χ0) is 23.7. The molecule has 29 heavy (non-hydrogen) atoms. The van der Waals surface area contributed by atoms with Gasteiger partial charge in [-0.1, -0.05) is 13.8 Å². The molecule has 0 rings (SSSR count). The SMILES string of the molecule is CCC(C)(O[Si](C)(C)C(C)(C)O[Si](N)(OC)[C@](C)(CC)O[Si](C)(C)O)[Si](C)(C)O. The molecule has 0 spiro atoms. The van der Waals surface area contributed by atoms with E-state index in [-0.39, 0.29) is 0 Å². The second kappa shape index (κ2) is 9.22. The first-order valence-electron chi connectivity index (χ1n) is 10.4. The molecule has 0 aromatic rings. The Morgan fingerprint density at radius 2 is 1.17 bits per heavy atom. The summed E-state index contributed by atoms with van der Waals surface area (Å²) in [4.78, 5) is 21.3. The van der Waals surface area contributed by atoms with Crippen LogP contribution in [0.3, 0.4) is 0 Å². The quantitative estimate of drug-likeness (QED) is 0.364. The lowest BCUT2D eigenvalue weighted by molar-refractivity contribution is 0.00764. The molecule has 4 N–H and O–H groups in total. The van der Waals surface area contributed by atoms with E-state index in [1.54, 1.807) is 20.2 Å². The zero-order valence-corrected chi connectivity index (χ0v) is 25.0. The Bertz CT molecular complexity index is 551. The van der Waals surface area contributed by atoms with Crippen LogP contribution >= 0.6 is 0 Å². The maximum atomic E-state index is 10.9. The van der Waals surface area contributed by atoms with Gasteiger partial charge in [0, 0.05) is 7.11 Å². The average molecular weight is 486 g/mol. The van der Waals surface area contributed by atoms with Crippen molar-refractivity contribution in [1.29, 1.82) is 0 Å². The van der Waals surface area contributed by atoms with Crippen molar-refractivity contribution < 1.29 is 27.3 Å². The molecular formula is C18H47NO6Si4. The van der Waals surface area contributed by atoms with Crippen LogP contribution in [0.15, 0.2) is 0 Å². The van der Waals surface area contributed by atoms with Crippen molar-refractivity contribution in [2.24, 2.45) is 5.40 Å². The lowest BCUT2D eigenvalue weighted by atomic mass is 10.3. The van der Waals surface area contributed by atoms with Crippen molar-refractivity contribution in [3.05, 3.63) is 0 Å². The number of hydrogen-bond acceptors (Lipinski definition) is 7. The van der Waals surface area contributed by atoms with Crippen molar-refractivity contribution in [3.63, 3.8) is 0 Å². The summed E-state index contributed by atoms with van der Waals surface area (Å²) < 4.78 is 25.2. The van der Waals surface area contributed by atoms with Crippen molar-refractivity contribution in [3.8, 4) is 0 Å². The number of nitrogens with two attached hydrogens (primary N) is 1. The van der Waals surface area contributed by atoms with Gasteiger partial charge in [-0.3, -0.25) is 0 Å². The van der Waals surface area contributed by atoms with E-state index >= 15 is 0 Å². The lowest BCUT2D eigenvalue weighted by Crippen LogP contribution is -2.76. The highest BCUT2D eigenvalue weighted by Gasteiger charge is 2.61. The fraction of sp³-hybridized carbons (Fsp3) is 1.00. The number of hydrogen-bond donors (Lipinski definition) is 3. The molecule has 2 unspecified atom stereocenters. The monoisotopic (exact) mass is 485 g/mol. The topological polar surface area (TPSA) is 103 Å². The molecule has 0 aliphatic rings. The fourth-order valence-electron chi connectivity index (χ4n) is 3.12. The Labute approximate surface area is 183 Å². The van der Waals surface area contributed by atoms with Gasteiger partial charge < -0.3 is 32.7 Å². The van der Waals surface area contributed by atoms with Crippen LogP contribution in [0.1, 0.15) is 54.4 Å². The van der Waals surface area contributed by atoms with Crippen molar-refractivity contribution in [2.45, 2.75) is 109 Å². The van der Waals surface area contributed by atoms with E-state index in [0.717, 1.165) is 0 Å². The summed E-state index contributed by atoms with van der Waals surface area (Å²) in [6, 6.07) is 0. The summed E-state index contributed by atoms with van der Waals surface area (Å²) in [6.45, 7) is 23.2. The Balaban J connectivity index is 6.04. The summed E-state index contributed by atoms with van der Waals surface area (Å²) in [6.07, 6.45) is 1.26. The molecule has 7 nitrogen and oxygen atoms in total. The molecule has 0 aromatic heterocycles.